The van der Waals surface area contributed by atoms with E-state index in [4.69, 9.17) is 21.1 Å². The van der Waals surface area contributed by atoms with Crippen LogP contribution in [0.2, 0.25) is 5.02 Å². The van der Waals surface area contributed by atoms with E-state index in [-0.39, 0.29) is 11.4 Å². The number of methoxy groups -OCH3 is 2. The maximum absolute atomic E-state index is 13.5. The molecule has 0 bridgehead atoms. The van der Waals surface area contributed by atoms with Gasteiger partial charge in [-0.15, -0.1) is 0 Å². The Kier molecular flexibility index (Phi) is 6.35. The van der Waals surface area contributed by atoms with Crippen molar-refractivity contribution in [2.24, 2.45) is 0 Å². The first kappa shape index (κ1) is 21.0. The van der Waals surface area contributed by atoms with Crippen LogP contribution in [0.5, 0.6) is 11.5 Å². The Labute approximate surface area is 176 Å². The zero-order valence-corrected chi connectivity index (χ0v) is 18.0. The van der Waals surface area contributed by atoms with E-state index >= 15 is 0 Å². The van der Waals surface area contributed by atoms with Gasteiger partial charge in [0, 0.05) is 5.02 Å². The van der Waals surface area contributed by atoms with Gasteiger partial charge in [0.15, 0.2) is 11.5 Å². The lowest BCUT2D eigenvalue weighted by Crippen LogP contribution is -2.30. The lowest BCUT2D eigenvalue weighted by molar-refractivity contribution is 0.354. The van der Waals surface area contributed by atoms with Gasteiger partial charge in [0.05, 0.1) is 31.3 Å². The monoisotopic (exact) mass is 431 g/mol. The number of sulfonamides is 1. The molecule has 0 saturated carbocycles. The second kappa shape index (κ2) is 8.76. The van der Waals surface area contributed by atoms with Crippen molar-refractivity contribution in [1.82, 2.24) is 0 Å². The topological polar surface area (TPSA) is 55.8 Å². The molecule has 3 rings (SSSR count). The molecule has 0 aliphatic heterocycles. The van der Waals surface area contributed by atoms with Crippen molar-refractivity contribution in [3.63, 3.8) is 0 Å². The Morgan fingerprint density at radius 2 is 1.59 bits per heavy atom. The summed E-state index contributed by atoms with van der Waals surface area (Å²) in [5, 5.41) is 0.478. The molecule has 0 aromatic heterocycles. The smallest absolute Gasteiger partial charge is 0.264 e. The maximum Gasteiger partial charge on any atom is 0.264 e. The van der Waals surface area contributed by atoms with Crippen LogP contribution < -0.4 is 13.8 Å². The van der Waals surface area contributed by atoms with Gasteiger partial charge in [0.25, 0.3) is 10.0 Å². The molecule has 0 N–H and O–H groups in total. The number of rotatable bonds is 7. The standard InChI is InChI=1S/C22H22ClNO4S/c1-16-5-4-6-19(13-16)24(29(25,26)20-10-8-18(23)9-11-20)15-17-7-12-21(27-2)22(14-17)28-3/h4-14H,15H2,1-3H3. The van der Waals surface area contributed by atoms with Gasteiger partial charge in [-0.2, -0.15) is 0 Å². The molecular formula is C22H22ClNO4S. The third kappa shape index (κ3) is 4.66. The third-order valence-electron chi connectivity index (χ3n) is 4.47. The maximum atomic E-state index is 13.5. The Morgan fingerprint density at radius 1 is 0.897 bits per heavy atom. The second-order valence-corrected chi connectivity index (χ2v) is 8.79. The molecular weight excluding hydrogens is 410 g/mol. The van der Waals surface area contributed by atoms with Gasteiger partial charge in [-0.1, -0.05) is 29.8 Å². The number of ether oxygens (including phenoxy) is 2. The predicted molar refractivity (Wildman–Crippen MR) is 116 cm³/mol. The van der Waals surface area contributed by atoms with E-state index in [1.54, 1.807) is 44.6 Å². The Bertz CT molecular complexity index is 1100. The minimum absolute atomic E-state index is 0.134. The van der Waals surface area contributed by atoms with Crippen LogP contribution in [0.3, 0.4) is 0 Å². The van der Waals surface area contributed by atoms with E-state index in [9.17, 15) is 8.42 Å². The molecule has 0 amide bonds. The number of nitrogens with zero attached hydrogens (tertiary/aromatic N) is 1. The van der Waals surface area contributed by atoms with Crippen molar-refractivity contribution in [1.29, 1.82) is 0 Å². The summed E-state index contributed by atoms with van der Waals surface area (Å²) in [6.45, 7) is 2.06. The van der Waals surface area contributed by atoms with Crippen LogP contribution >= 0.6 is 11.6 Å². The molecule has 0 unspecified atom stereocenters. The Hall–Kier alpha value is -2.70. The molecule has 0 spiro atoms. The molecule has 7 heteroatoms. The molecule has 3 aromatic carbocycles. The summed E-state index contributed by atoms with van der Waals surface area (Å²) in [5.74, 6) is 1.12. The van der Waals surface area contributed by atoms with Crippen LogP contribution in [0.1, 0.15) is 11.1 Å². The molecule has 0 radical (unpaired) electrons. The van der Waals surface area contributed by atoms with Gasteiger partial charge < -0.3 is 9.47 Å². The summed E-state index contributed by atoms with van der Waals surface area (Å²) in [7, 11) is -0.715. The van der Waals surface area contributed by atoms with Crippen molar-refractivity contribution in [2.45, 2.75) is 18.4 Å². The first-order valence-electron chi connectivity index (χ1n) is 8.91. The summed E-state index contributed by atoms with van der Waals surface area (Å²) < 4.78 is 38.9. The number of hydrogen-bond acceptors (Lipinski definition) is 4. The van der Waals surface area contributed by atoms with Gasteiger partial charge in [0.1, 0.15) is 0 Å². The average Bonchev–Trinajstić information content (AvgIpc) is 2.72. The van der Waals surface area contributed by atoms with Crippen LogP contribution in [-0.4, -0.2) is 22.6 Å². The first-order chi connectivity index (χ1) is 13.8. The van der Waals surface area contributed by atoms with E-state index in [2.05, 4.69) is 0 Å². The van der Waals surface area contributed by atoms with Crippen LogP contribution in [0.15, 0.2) is 71.6 Å². The highest BCUT2D eigenvalue weighted by Crippen LogP contribution is 2.31. The van der Waals surface area contributed by atoms with Crippen LogP contribution in [0, 0.1) is 6.92 Å². The quantitative estimate of drug-likeness (QED) is 0.524. The predicted octanol–water partition coefficient (Wildman–Crippen LogP) is 5.06. The van der Waals surface area contributed by atoms with Gasteiger partial charge in [-0.3, -0.25) is 4.31 Å². The fraction of sp³-hybridized carbons (Fsp3) is 0.182. The highest BCUT2D eigenvalue weighted by molar-refractivity contribution is 7.92. The minimum atomic E-state index is -3.82. The summed E-state index contributed by atoms with van der Waals surface area (Å²) in [6.07, 6.45) is 0. The SMILES string of the molecule is COc1ccc(CN(c2cccc(C)c2)S(=O)(=O)c2ccc(Cl)cc2)cc1OC. The van der Waals surface area contributed by atoms with Gasteiger partial charge in [-0.05, 0) is 66.6 Å². The number of benzene rings is 3. The normalized spacial score (nSPS) is 11.2. The van der Waals surface area contributed by atoms with E-state index in [1.165, 1.54) is 16.4 Å². The fourth-order valence-electron chi connectivity index (χ4n) is 2.98. The highest BCUT2D eigenvalue weighted by Gasteiger charge is 2.25. The van der Waals surface area contributed by atoms with E-state index in [0.29, 0.717) is 22.2 Å². The second-order valence-electron chi connectivity index (χ2n) is 6.49. The highest BCUT2D eigenvalue weighted by atomic mass is 35.5. The molecule has 3 aromatic rings. The molecule has 0 aliphatic carbocycles. The number of hydrogen-bond donors (Lipinski definition) is 0. The van der Waals surface area contributed by atoms with Crippen molar-refractivity contribution in [2.75, 3.05) is 18.5 Å². The van der Waals surface area contributed by atoms with E-state index < -0.39 is 10.0 Å². The molecule has 29 heavy (non-hydrogen) atoms. The first-order valence-corrected chi connectivity index (χ1v) is 10.7. The molecule has 152 valence electrons. The largest absolute Gasteiger partial charge is 0.493 e. The molecule has 0 fully saturated rings. The zero-order valence-electron chi connectivity index (χ0n) is 16.4. The summed E-state index contributed by atoms with van der Waals surface area (Å²) >= 11 is 5.94. The lowest BCUT2D eigenvalue weighted by Gasteiger charge is -2.25. The van der Waals surface area contributed by atoms with Crippen molar-refractivity contribution < 1.29 is 17.9 Å². The third-order valence-corrected chi connectivity index (χ3v) is 6.51. The number of aryl methyl sites for hydroxylation is 1. The Balaban J connectivity index is 2.08. The average molecular weight is 432 g/mol. The zero-order chi connectivity index (χ0) is 21.0. The van der Waals surface area contributed by atoms with Crippen molar-refractivity contribution in [3.05, 3.63) is 82.9 Å². The fourth-order valence-corrected chi connectivity index (χ4v) is 4.55. The van der Waals surface area contributed by atoms with Crippen LogP contribution in [0.25, 0.3) is 0 Å². The molecule has 5 nitrogen and oxygen atoms in total. The van der Waals surface area contributed by atoms with E-state index in [0.717, 1.165) is 11.1 Å². The van der Waals surface area contributed by atoms with E-state index in [1.807, 2.05) is 31.2 Å². The van der Waals surface area contributed by atoms with Crippen molar-refractivity contribution >= 4 is 27.3 Å². The summed E-state index contributed by atoms with van der Waals surface area (Å²) in [6, 6.07) is 18.9. The molecule has 0 atom stereocenters. The number of anilines is 1. The van der Waals surface area contributed by atoms with Crippen LogP contribution in [-0.2, 0) is 16.6 Å². The van der Waals surface area contributed by atoms with Crippen molar-refractivity contribution in [3.8, 4) is 11.5 Å². The summed E-state index contributed by atoms with van der Waals surface area (Å²) in [4.78, 5) is 0.170. The minimum Gasteiger partial charge on any atom is -0.493 e. The Morgan fingerprint density at radius 3 is 2.21 bits per heavy atom. The molecule has 0 saturated heterocycles. The molecule has 0 heterocycles. The summed E-state index contributed by atoms with van der Waals surface area (Å²) in [5.41, 5.74) is 2.31. The van der Waals surface area contributed by atoms with Gasteiger partial charge in [-0.25, -0.2) is 8.42 Å². The molecule has 0 aliphatic rings. The van der Waals surface area contributed by atoms with Gasteiger partial charge in [0.2, 0.25) is 0 Å². The lowest BCUT2D eigenvalue weighted by atomic mass is 10.2. The number of halogens is 1. The van der Waals surface area contributed by atoms with Crippen LogP contribution in [0.4, 0.5) is 5.69 Å². The van der Waals surface area contributed by atoms with Gasteiger partial charge >= 0.3 is 0 Å².